The van der Waals surface area contributed by atoms with Crippen molar-refractivity contribution in [2.24, 2.45) is 5.84 Å². The Morgan fingerprint density at radius 3 is 2.43 bits per heavy atom. The van der Waals surface area contributed by atoms with Crippen LogP contribution in [0.2, 0.25) is 0 Å². The number of rotatable bonds is 3. The van der Waals surface area contributed by atoms with Gasteiger partial charge in [0.15, 0.2) is 0 Å². The second kappa shape index (κ2) is 4.09. The van der Waals surface area contributed by atoms with Crippen molar-refractivity contribution in [3.8, 4) is 0 Å². The molecule has 0 aliphatic heterocycles. The van der Waals surface area contributed by atoms with E-state index in [4.69, 9.17) is 10.3 Å². The van der Waals surface area contributed by atoms with Gasteiger partial charge in [0.1, 0.15) is 11.8 Å². The molecular weight excluding hydrogens is 176 g/mol. The van der Waals surface area contributed by atoms with E-state index in [1.807, 2.05) is 42.5 Å². The molecule has 0 amide bonds. The largest absolute Gasteiger partial charge is 0.467 e. The summed E-state index contributed by atoms with van der Waals surface area (Å²) in [7, 11) is 0. The molecule has 0 saturated heterocycles. The minimum atomic E-state index is -0.0776. The number of furan rings is 1. The summed E-state index contributed by atoms with van der Waals surface area (Å²) in [5.74, 6) is 6.30. The fourth-order valence-electron chi connectivity index (χ4n) is 1.44. The lowest BCUT2D eigenvalue weighted by Crippen LogP contribution is -2.28. The van der Waals surface area contributed by atoms with Gasteiger partial charge in [-0.25, -0.2) is 5.43 Å². The van der Waals surface area contributed by atoms with Crippen molar-refractivity contribution >= 4 is 0 Å². The molecule has 72 valence electrons. The van der Waals surface area contributed by atoms with E-state index in [2.05, 4.69) is 5.43 Å². The van der Waals surface area contributed by atoms with Gasteiger partial charge in [0.2, 0.25) is 0 Å². The first kappa shape index (κ1) is 8.99. The zero-order valence-corrected chi connectivity index (χ0v) is 7.68. The lowest BCUT2D eigenvalue weighted by atomic mass is 10.1. The van der Waals surface area contributed by atoms with Crippen molar-refractivity contribution in [3.05, 3.63) is 60.1 Å². The Morgan fingerprint density at radius 1 is 1.07 bits per heavy atom. The molecule has 0 saturated carbocycles. The van der Waals surface area contributed by atoms with Crippen LogP contribution in [0.25, 0.3) is 0 Å². The standard InChI is InChI=1S/C11H12N2O/c12-13-11(10-7-4-8-14-10)9-5-2-1-3-6-9/h1-8,11,13H,12H2/t11-/m0/s1. The van der Waals surface area contributed by atoms with Gasteiger partial charge in [-0.3, -0.25) is 5.84 Å². The third-order valence-electron chi connectivity index (χ3n) is 2.13. The molecule has 1 aromatic carbocycles. The summed E-state index contributed by atoms with van der Waals surface area (Å²) in [6.45, 7) is 0. The van der Waals surface area contributed by atoms with Crippen LogP contribution in [0, 0.1) is 0 Å². The maximum atomic E-state index is 5.49. The number of nitrogens with one attached hydrogen (secondary N) is 1. The Balaban J connectivity index is 2.31. The summed E-state index contributed by atoms with van der Waals surface area (Å²) < 4.78 is 5.30. The number of hydrogen-bond acceptors (Lipinski definition) is 3. The van der Waals surface area contributed by atoms with Crippen LogP contribution in [0.1, 0.15) is 17.4 Å². The number of benzene rings is 1. The number of hydrogen-bond donors (Lipinski definition) is 2. The maximum absolute atomic E-state index is 5.49. The average molecular weight is 188 g/mol. The van der Waals surface area contributed by atoms with Crippen LogP contribution >= 0.6 is 0 Å². The lowest BCUT2D eigenvalue weighted by molar-refractivity contribution is 0.452. The summed E-state index contributed by atoms with van der Waals surface area (Å²) >= 11 is 0. The molecule has 1 atom stereocenters. The van der Waals surface area contributed by atoms with Crippen molar-refractivity contribution in [1.82, 2.24) is 5.43 Å². The molecule has 3 N–H and O–H groups in total. The van der Waals surface area contributed by atoms with Gasteiger partial charge in [0.05, 0.1) is 6.26 Å². The summed E-state index contributed by atoms with van der Waals surface area (Å²) in [6, 6.07) is 13.6. The van der Waals surface area contributed by atoms with Crippen LogP contribution < -0.4 is 11.3 Å². The molecule has 0 spiro atoms. The van der Waals surface area contributed by atoms with E-state index in [-0.39, 0.29) is 6.04 Å². The molecule has 1 heterocycles. The molecule has 2 rings (SSSR count). The molecule has 3 nitrogen and oxygen atoms in total. The Bertz CT molecular complexity index is 369. The summed E-state index contributed by atoms with van der Waals surface area (Å²) in [5.41, 5.74) is 3.81. The number of nitrogens with two attached hydrogens (primary N) is 1. The predicted molar refractivity (Wildman–Crippen MR) is 54.3 cm³/mol. The van der Waals surface area contributed by atoms with Crippen LogP contribution in [-0.4, -0.2) is 0 Å². The second-order valence-electron chi connectivity index (χ2n) is 3.03. The van der Waals surface area contributed by atoms with Gasteiger partial charge >= 0.3 is 0 Å². The molecular formula is C11H12N2O. The maximum Gasteiger partial charge on any atom is 0.126 e. The zero-order chi connectivity index (χ0) is 9.80. The van der Waals surface area contributed by atoms with E-state index >= 15 is 0 Å². The van der Waals surface area contributed by atoms with E-state index in [0.717, 1.165) is 11.3 Å². The molecule has 0 bridgehead atoms. The highest BCUT2D eigenvalue weighted by Gasteiger charge is 2.13. The van der Waals surface area contributed by atoms with Gasteiger partial charge in [-0.1, -0.05) is 30.3 Å². The molecule has 3 heteroatoms. The first-order valence-corrected chi connectivity index (χ1v) is 4.46. The van der Waals surface area contributed by atoms with Crippen LogP contribution in [0.5, 0.6) is 0 Å². The van der Waals surface area contributed by atoms with Crippen molar-refractivity contribution < 1.29 is 4.42 Å². The van der Waals surface area contributed by atoms with Crippen molar-refractivity contribution in [2.45, 2.75) is 6.04 Å². The van der Waals surface area contributed by atoms with E-state index in [1.54, 1.807) is 6.26 Å². The molecule has 0 radical (unpaired) electrons. The van der Waals surface area contributed by atoms with Gasteiger partial charge in [0, 0.05) is 0 Å². The van der Waals surface area contributed by atoms with E-state index in [9.17, 15) is 0 Å². The molecule has 2 aromatic rings. The summed E-state index contributed by atoms with van der Waals surface area (Å²) in [6.07, 6.45) is 1.64. The van der Waals surface area contributed by atoms with E-state index < -0.39 is 0 Å². The zero-order valence-electron chi connectivity index (χ0n) is 7.68. The van der Waals surface area contributed by atoms with Crippen molar-refractivity contribution in [3.63, 3.8) is 0 Å². The van der Waals surface area contributed by atoms with Gasteiger partial charge < -0.3 is 4.42 Å². The highest BCUT2D eigenvalue weighted by atomic mass is 16.3. The van der Waals surface area contributed by atoms with E-state index in [1.165, 1.54) is 0 Å². The van der Waals surface area contributed by atoms with Crippen LogP contribution in [0.4, 0.5) is 0 Å². The highest BCUT2D eigenvalue weighted by Crippen LogP contribution is 2.20. The third-order valence-corrected chi connectivity index (χ3v) is 2.13. The molecule has 14 heavy (non-hydrogen) atoms. The predicted octanol–water partition coefficient (Wildman–Crippen LogP) is 1.83. The van der Waals surface area contributed by atoms with Crippen LogP contribution in [-0.2, 0) is 0 Å². The van der Waals surface area contributed by atoms with Gasteiger partial charge in [0.25, 0.3) is 0 Å². The lowest BCUT2D eigenvalue weighted by Gasteiger charge is -2.13. The first-order chi connectivity index (χ1) is 6.92. The summed E-state index contributed by atoms with van der Waals surface area (Å²) in [5, 5.41) is 0. The topological polar surface area (TPSA) is 51.2 Å². The molecule has 0 aliphatic carbocycles. The molecule has 1 aromatic heterocycles. The minimum absolute atomic E-state index is 0.0776. The van der Waals surface area contributed by atoms with Crippen LogP contribution in [0.3, 0.4) is 0 Å². The fraction of sp³-hybridized carbons (Fsp3) is 0.0909. The van der Waals surface area contributed by atoms with Gasteiger partial charge in [-0.05, 0) is 17.7 Å². The molecule has 0 unspecified atom stereocenters. The first-order valence-electron chi connectivity index (χ1n) is 4.46. The normalized spacial score (nSPS) is 12.6. The van der Waals surface area contributed by atoms with Gasteiger partial charge in [-0.2, -0.15) is 0 Å². The Labute approximate surface area is 82.5 Å². The van der Waals surface area contributed by atoms with Crippen molar-refractivity contribution in [1.29, 1.82) is 0 Å². The summed E-state index contributed by atoms with van der Waals surface area (Å²) in [4.78, 5) is 0. The Morgan fingerprint density at radius 2 is 1.86 bits per heavy atom. The minimum Gasteiger partial charge on any atom is -0.467 e. The van der Waals surface area contributed by atoms with Crippen LogP contribution in [0.15, 0.2) is 53.1 Å². The Hall–Kier alpha value is -1.58. The third kappa shape index (κ3) is 1.69. The average Bonchev–Trinajstić information content (AvgIpc) is 2.74. The fourth-order valence-corrected chi connectivity index (χ4v) is 1.44. The number of hydrazine groups is 1. The van der Waals surface area contributed by atoms with Crippen molar-refractivity contribution in [2.75, 3.05) is 0 Å². The molecule has 0 fully saturated rings. The smallest absolute Gasteiger partial charge is 0.126 e. The van der Waals surface area contributed by atoms with E-state index in [0.29, 0.717) is 0 Å². The second-order valence-corrected chi connectivity index (χ2v) is 3.03. The quantitative estimate of drug-likeness (QED) is 0.570. The van der Waals surface area contributed by atoms with Gasteiger partial charge in [-0.15, -0.1) is 0 Å². The molecule has 0 aliphatic rings. The highest BCUT2D eigenvalue weighted by molar-refractivity contribution is 5.25. The monoisotopic (exact) mass is 188 g/mol. The SMILES string of the molecule is NN[C@@H](c1ccccc1)c1ccco1. The Kier molecular flexibility index (Phi) is 2.62.